The highest BCUT2D eigenvalue weighted by Gasteiger charge is 2.17. The fraction of sp³-hybridized carbons (Fsp3) is 0.129. The van der Waals surface area contributed by atoms with Crippen LogP contribution in [0.25, 0.3) is 22.1 Å². The van der Waals surface area contributed by atoms with Gasteiger partial charge in [-0.05, 0) is 53.1 Å². The number of fused-ring (bicyclic) bond motifs is 1. The van der Waals surface area contributed by atoms with Crippen LogP contribution in [0.5, 0.6) is 23.0 Å². The van der Waals surface area contributed by atoms with Crippen LogP contribution in [-0.4, -0.2) is 14.2 Å². The van der Waals surface area contributed by atoms with Crippen molar-refractivity contribution in [1.82, 2.24) is 0 Å². The van der Waals surface area contributed by atoms with Gasteiger partial charge in [-0.3, -0.25) is 0 Å². The molecule has 6 heteroatoms. The second kappa shape index (κ2) is 10.9. The van der Waals surface area contributed by atoms with Crippen LogP contribution in [0.2, 0.25) is 0 Å². The number of hydrogen-bond donors (Lipinski definition) is 0. The Morgan fingerprint density at radius 2 is 1.41 bits per heavy atom. The first-order chi connectivity index (χ1) is 18.1. The summed E-state index contributed by atoms with van der Waals surface area (Å²) in [6, 6.07) is 30.1. The van der Waals surface area contributed by atoms with Gasteiger partial charge in [-0.2, -0.15) is 0 Å². The zero-order valence-electron chi connectivity index (χ0n) is 20.6. The van der Waals surface area contributed by atoms with Gasteiger partial charge in [0.1, 0.15) is 41.8 Å². The molecule has 0 aliphatic heterocycles. The van der Waals surface area contributed by atoms with Crippen LogP contribution in [-0.2, 0) is 13.2 Å². The third-order valence-electron chi connectivity index (χ3n) is 6.01. The van der Waals surface area contributed by atoms with Crippen LogP contribution in [0.3, 0.4) is 0 Å². The molecule has 4 aromatic carbocycles. The first kappa shape index (κ1) is 24.0. The normalized spacial score (nSPS) is 10.8. The molecule has 0 saturated heterocycles. The molecule has 5 rings (SSSR count). The first-order valence-electron chi connectivity index (χ1n) is 11.8. The largest absolute Gasteiger partial charge is 0.497 e. The van der Waals surface area contributed by atoms with Gasteiger partial charge in [0.2, 0.25) is 0 Å². The van der Waals surface area contributed by atoms with Crippen molar-refractivity contribution in [2.24, 2.45) is 0 Å². The zero-order valence-corrected chi connectivity index (χ0v) is 20.6. The maximum Gasteiger partial charge on any atom is 0.336 e. The van der Waals surface area contributed by atoms with Gasteiger partial charge >= 0.3 is 5.63 Å². The molecule has 0 spiro atoms. The molecule has 0 amide bonds. The summed E-state index contributed by atoms with van der Waals surface area (Å²) in [4.78, 5) is 12.7. The number of rotatable bonds is 9. The van der Waals surface area contributed by atoms with E-state index < -0.39 is 5.63 Å². The lowest BCUT2D eigenvalue weighted by Gasteiger charge is -2.16. The summed E-state index contributed by atoms with van der Waals surface area (Å²) in [6.07, 6.45) is 0. The van der Waals surface area contributed by atoms with Gasteiger partial charge in [-0.15, -0.1) is 0 Å². The number of benzene rings is 4. The molecule has 0 bridgehead atoms. The van der Waals surface area contributed by atoms with E-state index >= 15 is 0 Å². The van der Waals surface area contributed by atoms with Crippen molar-refractivity contribution in [1.29, 1.82) is 0 Å². The molecule has 37 heavy (non-hydrogen) atoms. The molecule has 6 nitrogen and oxygen atoms in total. The van der Waals surface area contributed by atoms with Crippen LogP contribution in [0, 0.1) is 0 Å². The Morgan fingerprint density at radius 3 is 2.19 bits per heavy atom. The highest BCUT2D eigenvalue weighted by atomic mass is 16.5. The molecule has 0 aliphatic carbocycles. The van der Waals surface area contributed by atoms with Gasteiger partial charge in [0.05, 0.1) is 19.8 Å². The lowest BCUT2D eigenvalue weighted by atomic mass is 10.00. The lowest BCUT2D eigenvalue weighted by Crippen LogP contribution is -2.06. The summed E-state index contributed by atoms with van der Waals surface area (Å²) in [7, 11) is 3.23. The van der Waals surface area contributed by atoms with Crippen LogP contribution >= 0.6 is 0 Å². The van der Waals surface area contributed by atoms with Gasteiger partial charge in [-0.25, -0.2) is 4.79 Å². The molecule has 1 heterocycles. The topological polar surface area (TPSA) is 67.1 Å². The number of hydrogen-bond acceptors (Lipinski definition) is 6. The molecule has 0 saturated carbocycles. The average Bonchev–Trinajstić information content (AvgIpc) is 2.95. The highest BCUT2D eigenvalue weighted by Crippen LogP contribution is 2.35. The summed E-state index contributed by atoms with van der Waals surface area (Å²) in [5, 5.41) is 0.795. The maximum absolute atomic E-state index is 12.7. The Hall–Kier alpha value is -4.71. The standard InChI is InChI=1S/C31H26O6/c1-33-23-11-6-8-21(16-23)19-36-29-15-14-26-27(22-9-4-3-5-10-22)18-30(32)37-31(26)28(29)20-35-25-13-7-12-24(17-25)34-2/h3-18H,19-20H2,1-2H3. The van der Waals surface area contributed by atoms with E-state index in [2.05, 4.69) is 0 Å². The molecule has 5 aromatic rings. The Kier molecular flexibility index (Phi) is 7.08. The van der Waals surface area contributed by atoms with Crippen molar-refractivity contribution in [3.8, 4) is 34.1 Å². The Bertz CT molecular complexity index is 1570. The minimum atomic E-state index is -0.445. The Labute approximate surface area is 214 Å². The van der Waals surface area contributed by atoms with Crippen molar-refractivity contribution in [3.05, 3.63) is 119 Å². The molecule has 0 aliphatic rings. The van der Waals surface area contributed by atoms with Crippen molar-refractivity contribution in [3.63, 3.8) is 0 Å². The fourth-order valence-electron chi connectivity index (χ4n) is 4.16. The fourth-order valence-corrected chi connectivity index (χ4v) is 4.16. The third-order valence-corrected chi connectivity index (χ3v) is 6.01. The molecular weight excluding hydrogens is 468 g/mol. The van der Waals surface area contributed by atoms with E-state index in [4.69, 9.17) is 23.4 Å². The monoisotopic (exact) mass is 494 g/mol. The van der Waals surface area contributed by atoms with Gasteiger partial charge in [0.15, 0.2) is 0 Å². The Balaban J connectivity index is 1.57. The molecule has 0 N–H and O–H groups in total. The van der Waals surface area contributed by atoms with Crippen LogP contribution in [0.1, 0.15) is 11.1 Å². The van der Waals surface area contributed by atoms with Crippen molar-refractivity contribution < 1.29 is 23.4 Å². The van der Waals surface area contributed by atoms with Crippen molar-refractivity contribution in [2.75, 3.05) is 14.2 Å². The second-order valence-corrected chi connectivity index (χ2v) is 8.37. The molecule has 186 valence electrons. The lowest BCUT2D eigenvalue weighted by molar-refractivity contribution is 0.272. The van der Waals surface area contributed by atoms with E-state index in [0.29, 0.717) is 35.0 Å². The SMILES string of the molecule is COc1cccc(COc2ccc3c(-c4ccccc4)cc(=O)oc3c2COc2cccc(OC)c2)c1. The number of methoxy groups -OCH3 is 2. The van der Waals surface area contributed by atoms with Crippen molar-refractivity contribution in [2.45, 2.75) is 13.2 Å². The molecule has 0 atom stereocenters. The van der Waals surface area contributed by atoms with Gasteiger partial charge in [0.25, 0.3) is 0 Å². The summed E-state index contributed by atoms with van der Waals surface area (Å²) >= 11 is 0. The molecule has 1 aromatic heterocycles. The minimum Gasteiger partial charge on any atom is -0.497 e. The third kappa shape index (κ3) is 5.43. The van der Waals surface area contributed by atoms with Gasteiger partial charge in [-0.1, -0.05) is 48.5 Å². The van der Waals surface area contributed by atoms with E-state index in [1.807, 2.05) is 84.9 Å². The van der Waals surface area contributed by atoms with E-state index in [-0.39, 0.29) is 6.61 Å². The Morgan fingerprint density at radius 1 is 0.676 bits per heavy atom. The summed E-state index contributed by atoms with van der Waals surface area (Å²) in [5.74, 6) is 2.62. The quantitative estimate of drug-likeness (QED) is 0.214. The van der Waals surface area contributed by atoms with E-state index in [1.165, 1.54) is 6.07 Å². The van der Waals surface area contributed by atoms with Crippen LogP contribution in [0.4, 0.5) is 0 Å². The minimum absolute atomic E-state index is 0.124. The molecule has 0 fully saturated rings. The maximum atomic E-state index is 12.7. The molecule has 0 radical (unpaired) electrons. The summed E-state index contributed by atoms with van der Waals surface area (Å²) in [5.41, 5.74) is 3.27. The van der Waals surface area contributed by atoms with Gasteiger partial charge in [0, 0.05) is 17.5 Å². The highest BCUT2D eigenvalue weighted by molar-refractivity contribution is 5.95. The van der Waals surface area contributed by atoms with Crippen molar-refractivity contribution >= 4 is 11.0 Å². The smallest absolute Gasteiger partial charge is 0.336 e. The van der Waals surface area contributed by atoms with E-state index in [0.717, 1.165) is 27.8 Å². The second-order valence-electron chi connectivity index (χ2n) is 8.37. The zero-order chi connectivity index (χ0) is 25.6. The summed E-state index contributed by atoms with van der Waals surface area (Å²) in [6.45, 7) is 0.427. The van der Waals surface area contributed by atoms with Gasteiger partial charge < -0.3 is 23.4 Å². The van der Waals surface area contributed by atoms with Crippen LogP contribution in [0.15, 0.2) is 106 Å². The molecular formula is C31H26O6. The number of ether oxygens (including phenoxy) is 4. The summed E-state index contributed by atoms with van der Waals surface area (Å²) < 4.78 is 28.7. The predicted molar refractivity (Wildman–Crippen MR) is 143 cm³/mol. The average molecular weight is 495 g/mol. The van der Waals surface area contributed by atoms with E-state index in [9.17, 15) is 4.79 Å². The predicted octanol–water partition coefficient (Wildman–Crippen LogP) is 6.64. The van der Waals surface area contributed by atoms with E-state index in [1.54, 1.807) is 20.3 Å². The molecule has 0 unspecified atom stereocenters. The first-order valence-corrected chi connectivity index (χ1v) is 11.8. The van der Waals surface area contributed by atoms with Crippen LogP contribution < -0.4 is 24.6 Å².